The molecule has 0 spiro atoms. The molecule has 1 aromatic carbocycles. The molecule has 0 saturated heterocycles. The van der Waals surface area contributed by atoms with Gasteiger partial charge in [-0.2, -0.15) is 5.10 Å². The number of fused-ring (bicyclic) bond motifs is 1. The van der Waals surface area contributed by atoms with E-state index < -0.39 is 0 Å². The number of hydrogen-bond donors (Lipinski definition) is 3. The van der Waals surface area contributed by atoms with Gasteiger partial charge in [-0.15, -0.1) is 0 Å². The van der Waals surface area contributed by atoms with Crippen LogP contribution in [0.25, 0.3) is 16.9 Å². The van der Waals surface area contributed by atoms with E-state index in [0.29, 0.717) is 6.41 Å². The van der Waals surface area contributed by atoms with Crippen molar-refractivity contribution in [1.82, 2.24) is 19.9 Å². The third kappa shape index (κ3) is 5.80. The molecule has 0 aliphatic carbocycles. The summed E-state index contributed by atoms with van der Waals surface area (Å²) in [7, 11) is 1.43. The minimum absolute atomic E-state index is 0.208. The van der Waals surface area contributed by atoms with E-state index in [0.717, 1.165) is 28.3 Å². The fraction of sp³-hybridized carbons (Fsp3) is 0.150. The summed E-state index contributed by atoms with van der Waals surface area (Å²) in [5.74, 6) is 0.175. The van der Waals surface area contributed by atoms with Crippen LogP contribution in [0.1, 0.15) is 11.4 Å². The monoisotopic (exact) mass is 398 g/mol. The van der Waals surface area contributed by atoms with Gasteiger partial charge in [0.2, 0.25) is 6.41 Å². The fourth-order valence-electron chi connectivity index (χ4n) is 2.31. The molecular formula is C20H23FN6O2. The topological polar surface area (TPSA) is 121 Å². The minimum atomic E-state index is -0.257. The van der Waals surface area contributed by atoms with Crippen molar-refractivity contribution >= 4 is 12.1 Å². The lowest BCUT2D eigenvalue weighted by Gasteiger charge is -2.02. The number of rotatable bonds is 5. The van der Waals surface area contributed by atoms with Crippen molar-refractivity contribution in [2.75, 3.05) is 7.11 Å². The predicted molar refractivity (Wildman–Crippen MR) is 109 cm³/mol. The molecule has 0 fully saturated rings. The zero-order valence-corrected chi connectivity index (χ0v) is 16.4. The SMILES string of the molecule is CO/C(N)=C/C=C(\N)NC=O.Cc1nc2ccc(-c3cccc(F)c3)nn2c1C. The van der Waals surface area contributed by atoms with Gasteiger partial charge in [0.1, 0.15) is 11.6 Å². The number of carbonyl (C=O) groups excluding carboxylic acids is 1. The van der Waals surface area contributed by atoms with E-state index in [9.17, 15) is 9.18 Å². The summed E-state index contributed by atoms with van der Waals surface area (Å²) in [6.45, 7) is 3.92. The van der Waals surface area contributed by atoms with Crippen molar-refractivity contribution in [3.8, 4) is 11.3 Å². The summed E-state index contributed by atoms with van der Waals surface area (Å²) in [6.07, 6.45) is 3.34. The first kappa shape index (κ1) is 21.4. The van der Waals surface area contributed by atoms with Crippen LogP contribution in [0.2, 0.25) is 0 Å². The van der Waals surface area contributed by atoms with Gasteiger partial charge >= 0.3 is 0 Å². The van der Waals surface area contributed by atoms with Crippen LogP contribution in [-0.2, 0) is 9.53 Å². The quantitative estimate of drug-likeness (QED) is 0.344. The van der Waals surface area contributed by atoms with E-state index in [4.69, 9.17) is 11.5 Å². The summed E-state index contributed by atoms with van der Waals surface area (Å²) >= 11 is 0. The highest BCUT2D eigenvalue weighted by Gasteiger charge is 2.07. The molecule has 0 atom stereocenters. The average Bonchev–Trinajstić information content (AvgIpc) is 3.00. The summed E-state index contributed by atoms with van der Waals surface area (Å²) in [4.78, 5) is 14.2. The lowest BCUT2D eigenvalue weighted by atomic mass is 10.1. The first-order valence-corrected chi connectivity index (χ1v) is 8.61. The van der Waals surface area contributed by atoms with Crippen LogP contribution < -0.4 is 16.8 Å². The molecule has 0 bridgehead atoms. The molecule has 0 aliphatic rings. The van der Waals surface area contributed by atoms with Crippen molar-refractivity contribution in [3.05, 3.63) is 77.5 Å². The Morgan fingerprint density at radius 2 is 1.97 bits per heavy atom. The third-order valence-electron chi connectivity index (χ3n) is 3.95. The number of methoxy groups -OCH3 is 1. The number of ether oxygens (including phenoxy) is 1. The number of nitrogens with zero attached hydrogens (tertiary/aromatic N) is 3. The second-order valence-electron chi connectivity index (χ2n) is 5.94. The predicted octanol–water partition coefficient (Wildman–Crippen LogP) is 2.13. The van der Waals surface area contributed by atoms with Crippen molar-refractivity contribution in [1.29, 1.82) is 0 Å². The number of carbonyl (C=O) groups is 1. The van der Waals surface area contributed by atoms with E-state index >= 15 is 0 Å². The molecule has 9 heteroatoms. The molecule has 0 saturated carbocycles. The second-order valence-corrected chi connectivity index (χ2v) is 5.94. The molecule has 3 aromatic rings. The first-order valence-electron chi connectivity index (χ1n) is 8.61. The number of nitrogens with two attached hydrogens (primary N) is 2. The maximum Gasteiger partial charge on any atom is 0.212 e. The van der Waals surface area contributed by atoms with Crippen molar-refractivity contribution in [2.45, 2.75) is 13.8 Å². The third-order valence-corrected chi connectivity index (χ3v) is 3.95. The van der Waals surface area contributed by atoms with Gasteiger partial charge in [0.15, 0.2) is 11.5 Å². The van der Waals surface area contributed by atoms with Crippen LogP contribution in [-0.4, -0.2) is 28.1 Å². The number of aromatic nitrogens is 3. The van der Waals surface area contributed by atoms with Crippen molar-refractivity contribution in [3.63, 3.8) is 0 Å². The molecule has 1 amide bonds. The molecule has 3 rings (SSSR count). The van der Waals surface area contributed by atoms with Gasteiger partial charge in [0, 0.05) is 11.6 Å². The Kier molecular flexibility index (Phi) is 7.30. The molecule has 29 heavy (non-hydrogen) atoms. The number of halogens is 1. The Morgan fingerprint density at radius 1 is 1.21 bits per heavy atom. The Hall–Kier alpha value is -3.88. The van der Waals surface area contributed by atoms with Gasteiger partial charge in [0.25, 0.3) is 0 Å². The summed E-state index contributed by atoms with van der Waals surface area (Å²) < 4.78 is 19.6. The number of benzene rings is 1. The van der Waals surface area contributed by atoms with Gasteiger partial charge < -0.3 is 21.5 Å². The van der Waals surface area contributed by atoms with Crippen molar-refractivity contribution < 1.29 is 13.9 Å². The van der Waals surface area contributed by atoms with Gasteiger partial charge in [-0.1, -0.05) is 12.1 Å². The molecule has 0 radical (unpaired) electrons. The van der Waals surface area contributed by atoms with Crippen LogP contribution in [0.3, 0.4) is 0 Å². The second kappa shape index (κ2) is 9.88. The molecule has 2 aromatic heterocycles. The average molecular weight is 398 g/mol. The fourth-order valence-corrected chi connectivity index (χ4v) is 2.31. The standard InChI is InChI=1S/C14H12FN3.C6H11N3O2/c1-9-10(2)18-14(16-9)7-6-13(17-18)11-4-3-5-12(15)8-11;1-11-6(8)3-2-5(7)9-4-10/h3-8H,1-2H3;2-4H,7-8H2,1H3,(H,9,10)/b;5-2+,6-3+. The lowest BCUT2D eigenvalue weighted by molar-refractivity contribution is -0.108. The number of allylic oxidation sites excluding steroid dienone is 2. The van der Waals surface area contributed by atoms with Crippen molar-refractivity contribution in [2.24, 2.45) is 11.5 Å². The minimum Gasteiger partial charge on any atom is -0.483 e. The van der Waals surface area contributed by atoms with E-state index in [1.54, 1.807) is 10.6 Å². The van der Waals surface area contributed by atoms with E-state index in [1.807, 2.05) is 32.0 Å². The van der Waals surface area contributed by atoms with Crippen LogP contribution in [0.5, 0.6) is 0 Å². The highest BCUT2D eigenvalue weighted by atomic mass is 19.1. The molecule has 2 heterocycles. The zero-order chi connectivity index (χ0) is 21.4. The Labute approximate surface area is 167 Å². The smallest absolute Gasteiger partial charge is 0.212 e. The first-order chi connectivity index (χ1) is 13.8. The van der Waals surface area contributed by atoms with Gasteiger partial charge in [-0.3, -0.25) is 4.79 Å². The number of amides is 1. The number of hydrogen-bond acceptors (Lipinski definition) is 6. The Morgan fingerprint density at radius 3 is 2.62 bits per heavy atom. The normalized spacial score (nSPS) is 11.6. The van der Waals surface area contributed by atoms with Gasteiger partial charge in [-0.25, -0.2) is 13.9 Å². The lowest BCUT2D eigenvalue weighted by Crippen LogP contribution is -2.17. The van der Waals surface area contributed by atoms with Gasteiger partial charge in [-0.05, 0) is 44.2 Å². The van der Waals surface area contributed by atoms with E-state index in [1.165, 1.54) is 31.4 Å². The van der Waals surface area contributed by atoms with E-state index in [2.05, 4.69) is 20.1 Å². The van der Waals surface area contributed by atoms with E-state index in [-0.39, 0.29) is 17.5 Å². The highest BCUT2D eigenvalue weighted by Crippen LogP contribution is 2.19. The molecule has 152 valence electrons. The molecule has 5 N–H and O–H groups in total. The van der Waals surface area contributed by atoms with Crippen LogP contribution >= 0.6 is 0 Å². The molecule has 0 aliphatic heterocycles. The van der Waals surface area contributed by atoms with Crippen LogP contribution in [0.15, 0.2) is 60.3 Å². The largest absolute Gasteiger partial charge is 0.483 e. The van der Waals surface area contributed by atoms with Gasteiger partial charge in [0.05, 0.1) is 24.2 Å². The van der Waals surface area contributed by atoms with Crippen LogP contribution in [0, 0.1) is 19.7 Å². The maximum absolute atomic E-state index is 13.2. The number of aryl methyl sites for hydroxylation is 2. The summed E-state index contributed by atoms with van der Waals surface area (Å²) in [5, 5.41) is 6.72. The maximum atomic E-state index is 13.2. The molecule has 8 nitrogen and oxygen atoms in total. The number of nitrogens with one attached hydrogen (secondary N) is 1. The summed E-state index contributed by atoms with van der Waals surface area (Å²) in [6, 6.07) is 10.2. The molecule has 0 unspecified atom stereocenters. The number of imidazole rings is 1. The zero-order valence-electron chi connectivity index (χ0n) is 16.4. The van der Waals surface area contributed by atoms with Crippen LogP contribution in [0.4, 0.5) is 4.39 Å². The Bertz CT molecular complexity index is 1060. The highest BCUT2D eigenvalue weighted by molar-refractivity contribution is 5.60. The summed E-state index contributed by atoms with van der Waals surface area (Å²) in [5.41, 5.74) is 14.8. The Balaban J connectivity index is 0.000000237. The molecular weight excluding hydrogens is 375 g/mol.